The molecule has 0 aromatic rings. The molecular weight excluding hydrogens is 211 g/mol. The normalized spacial score (nSPS) is 14.3. The third kappa shape index (κ3) is 4.44. The van der Waals surface area contributed by atoms with E-state index in [-0.39, 0.29) is 11.6 Å². The van der Waals surface area contributed by atoms with Gasteiger partial charge in [0.1, 0.15) is 0 Å². The van der Waals surface area contributed by atoms with Crippen LogP contribution in [0.5, 0.6) is 0 Å². The molecule has 0 aromatic heterocycles. The molecule has 1 N–H and O–H groups in total. The lowest BCUT2D eigenvalue weighted by Gasteiger charge is -2.42. The van der Waals surface area contributed by atoms with Crippen LogP contribution >= 0.6 is 8.53 Å². The predicted octanol–water partition coefficient (Wildman–Crippen LogP) is 2.64. The molecule has 15 heavy (non-hydrogen) atoms. The zero-order chi connectivity index (χ0) is 12.1. The Morgan fingerprint density at radius 2 is 2.07 bits per heavy atom. The summed E-state index contributed by atoms with van der Waals surface area (Å²) in [5.74, 6) is 0. The zero-order valence-electron chi connectivity index (χ0n) is 10.2. The summed E-state index contributed by atoms with van der Waals surface area (Å²) in [5, 5.41) is 8.59. The lowest BCUT2D eigenvalue weighted by molar-refractivity contribution is 0.148. The summed E-state index contributed by atoms with van der Waals surface area (Å²) in [6.45, 7) is 8.07. The highest BCUT2D eigenvalue weighted by molar-refractivity contribution is 7.43. The summed E-state index contributed by atoms with van der Waals surface area (Å²) in [5.41, 5.74) is -0.222. The first-order chi connectivity index (χ1) is 6.86. The number of hydrogen-bond donors (Lipinski definition) is 1. The Bertz CT molecular complexity index is 226. The van der Waals surface area contributed by atoms with E-state index in [9.17, 15) is 4.89 Å². The molecule has 0 spiro atoms. The second kappa shape index (κ2) is 6.40. The summed E-state index contributed by atoms with van der Waals surface area (Å²) < 4.78 is 6.93. The number of nitriles is 1. The first kappa shape index (κ1) is 14.8. The van der Waals surface area contributed by atoms with Crippen LogP contribution in [0.15, 0.2) is 0 Å². The zero-order valence-corrected chi connectivity index (χ0v) is 11.1. The van der Waals surface area contributed by atoms with Gasteiger partial charge in [-0.15, -0.1) is 0 Å². The molecule has 0 saturated carbocycles. The van der Waals surface area contributed by atoms with Crippen molar-refractivity contribution in [2.75, 3.05) is 7.11 Å². The highest BCUT2D eigenvalue weighted by Crippen LogP contribution is 2.44. The Kier molecular flexibility index (Phi) is 6.31. The van der Waals surface area contributed by atoms with Crippen LogP contribution in [0, 0.1) is 11.3 Å². The minimum atomic E-state index is -1.56. The predicted molar refractivity (Wildman–Crippen MR) is 62.0 cm³/mol. The SMILES string of the molecule is COP(O)N(C(C)C)C(C)(C)CCC#N. The van der Waals surface area contributed by atoms with Gasteiger partial charge in [0.25, 0.3) is 8.53 Å². The molecule has 0 aliphatic rings. The first-order valence-electron chi connectivity index (χ1n) is 5.06. The van der Waals surface area contributed by atoms with Crippen molar-refractivity contribution in [2.24, 2.45) is 0 Å². The van der Waals surface area contributed by atoms with E-state index in [0.29, 0.717) is 6.42 Å². The topological polar surface area (TPSA) is 56.5 Å². The van der Waals surface area contributed by atoms with Gasteiger partial charge in [-0.2, -0.15) is 5.26 Å². The van der Waals surface area contributed by atoms with Crippen LogP contribution in [0.2, 0.25) is 0 Å². The van der Waals surface area contributed by atoms with E-state index < -0.39 is 8.53 Å². The van der Waals surface area contributed by atoms with Gasteiger partial charge in [0, 0.05) is 25.1 Å². The summed E-state index contributed by atoms with van der Waals surface area (Å²) in [6, 6.07) is 2.32. The number of nitrogens with zero attached hydrogens (tertiary/aromatic N) is 2. The average Bonchev–Trinajstić information content (AvgIpc) is 2.13. The molecule has 1 unspecified atom stereocenters. The maximum atomic E-state index is 9.81. The van der Waals surface area contributed by atoms with Gasteiger partial charge in [-0.25, -0.2) is 4.67 Å². The highest BCUT2D eigenvalue weighted by Gasteiger charge is 2.34. The van der Waals surface area contributed by atoms with Crippen molar-refractivity contribution in [3.8, 4) is 6.07 Å². The van der Waals surface area contributed by atoms with Crippen molar-refractivity contribution in [1.82, 2.24) is 4.67 Å². The van der Waals surface area contributed by atoms with Gasteiger partial charge in [-0.1, -0.05) is 0 Å². The molecular formula is C10H21N2O2P. The number of rotatable bonds is 6. The lowest BCUT2D eigenvalue weighted by Crippen LogP contribution is -2.44. The molecule has 0 amide bonds. The smallest absolute Gasteiger partial charge is 0.256 e. The van der Waals surface area contributed by atoms with Gasteiger partial charge in [-0.05, 0) is 34.1 Å². The van der Waals surface area contributed by atoms with Crippen molar-refractivity contribution in [1.29, 1.82) is 5.26 Å². The molecule has 0 fully saturated rings. The van der Waals surface area contributed by atoms with Crippen LogP contribution in [0.4, 0.5) is 0 Å². The minimum absolute atomic E-state index is 0.190. The van der Waals surface area contributed by atoms with Crippen LogP contribution in [0.25, 0.3) is 0 Å². The first-order valence-corrected chi connectivity index (χ1v) is 6.22. The van der Waals surface area contributed by atoms with Crippen LogP contribution in [0.1, 0.15) is 40.5 Å². The van der Waals surface area contributed by atoms with Gasteiger partial charge < -0.3 is 9.42 Å². The number of hydrogen-bond acceptors (Lipinski definition) is 4. The third-order valence-corrected chi connectivity index (χ3v) is 4.00. The van der Waals surface area contributed by atoms with E-state index >= 15 is 0 Å². The van der Waals surface area contributed by atoms with E-state index in [2.05, 4.69) is 6.07 Å². The Labute approximate surface area is 93.8 Å². The van der Waals surface area contributed by atoms with Gasteiger partial charge in [0.2, 0.25) is 0 Å². The summed E-state index contributed by atoms with van der Waals surface area (Å²) in [6.07, 6.45) is 1.22. The molecule has 0 heterocycles. The van der Waals surface area contributed by atoms with E-state index in [1.54, 1.807) is 0 Å². The van der Waals surface area contributed by atoms with Gasteiger partial charge in [0.15, 0.2) is 0 Å². The maximum absolute atomic E-state index is 9.81. The maximum Gasteiger partial charge on any atom is 0.256 e. The van der Waals surface area contributed by atoms with Crippen molar-refractivity contribution in [2.45, 2.75) is 52.1 Å². The van der Waals surface area contributed by atoms with Crippen molar-refractivity contribution in [3.63, 3.8) is 0 Å². The fraction of sp³-hybridized carbons (Fsp3) is 0.900. The molecule has 0 bridgehead atoms. The van der Waals surface area contributed by atoms with Crippen molar-refractivity contribution in [3.05, 3.63) is 0 Å². The monoisotopic (exact) mass is 232 g/mol. The van der Waals surface area contributed by atoms with Gasteiger partial charge in [0.05, 0.1) is 6.07 Å². The Hall–Kier alpha value is -0.200. The molecule has 4 nitrogen and oxygen atoms in total. The van der Waals surface area contributed by atoms with Crippen LogP contribution in [-0.2, 0) is 4.52 Å². The van der Waals surface area contributed by atoms with Crippen molar-refractivity contribution >= 4 is 8.53 Å². The second-order valence-corrected chi connectivity index (χ2v) is 5.65. The minimum Gasteiger partial charge on any atom is -0.338 e. The Morgan fingerprint density at radius 3 is 2.40 bits per heavy atom. The molecule has 0 rings (SSSR count). The lowest BCUT2D eigenvalue weighted by atomic mass is 9.98. The van der Waals surface area contributed by atoms with Crippen molar-refractivity contribution < 1.29 is 9.42 Å². The Morgan fingerprint density at radius 1 is 1.53 bits per heavy atom. The fourth-order valence-electron chi connectivity index (χ4n) is 1.69. The summed E-state index contributed by atoms with van der Waals surface area (Å²) in [7, 11) is -0.0604. The second-order valence-electron chi connectivity index (χ2n) is 4.34. The molecule has 0 saturated heterocycles. The molecule has 88 valence electrons. The van der Waals surface area contributed by atoms with E-state index in [1.165, 1.54) is 7.11 Å². The van der Waals surface area contributed by atoms with E-state index in [0.717, 1.165) is 6.42 Å². The molecule has 0 aliphatic carbocycles. The van der Waals surface area contributed by atoms with Gasteiger partial charge >= 0.3 is 0 Å². The highest BCUT2D eigenvalue weighted by atomic mass is 31.2. The standard InChI is InChI=1S/C10H21N2O2P/c1-9(2)12(15(13)14-5)10(3,4)7-6-8-11/h9,13H,6-7H2,1-5H3. The quantitative estimate of drug-likeness (QED) is 0.715. The molecule has 5 heteroatoms. The summed E-state index contributed by atoms with van der Waals surface area (Å²) in [4.78, 5) is 9.81. The Balaban J connectivity index is 4.67. The molecule has 0 aromatic carbocycles. The van der Waals surface area contributed by atoms with Gasteiger partial charge in [-0.3, -0.25) is 0 Å². The third-order valence-electron chi connectivity index (χ3n) is 2.31. The largest absolute Gasteiger partial charge is 0.338 e. The van der Waals surface area contributed by atoms with Crippen LogP contribution < -0.4 is 0 Å². The fourth-order valence-corrected chi connectivity index (χ4v) is 2.83. The average molecular weight is 232 g/mol. The van der Waals surface area contributed by atoms with Crippen LogP contribution in [0.3, 0.4) is 0 Å². The summed E-state index contributed by atoms with van der Waals surface area (Å²) >= 11 is 0. The van der Waals surface area contributed by atoms with Crippen LogP contribution in [-0.4, -0.2) is 28.3 Å². The molecule has 0 aliphatic heterocycles. The molecule has 0 radical (unpaired) electrons. The van der Waals surface area contributed by atoms with E-state index in [4.69, 9.17) is 9.79 Å². The molecule has 1 atom stereocenters. The van der Waals surface area contributed by atoms with E-state index in [1.807, 2.05) is 32.4 Å².